The van der Waals surface area contributed by atoms with Crippen molar-refractivity contribution in [2.24, 2.45) is 0 Å². The fourth-order valence-electron chi connectivity index (χ4n) is 2.73. The van der Waals surface area contributed by atoms with Crippen molar-refractivity contribution >= 4 is 38.6 Å². The highest BCUT2D eigenvalue weighted by Gasteiger charge is 2.22. The molecule has 0 saturated carbocycles. The molecule has 0 fully saturated rings. The number of thiophene rings is 1. The van der Waals surface area contributed by atoms with E-state index >= 15 is 0 Å². The third-order valence-corrected chi connectivity index (χ3v) is 7.49. The average molecular weight is 431 g/mol. The first-order valence-electron chi connectivity index (χ1n) is 8.90. The number of sulfonamides is 1. The summed E-state index contributed by atoms with van der Waals surface area (Å²) in [5.74, 6) is 0.213. The summed E-state index contributed by atoms with van der Waals surface area (Å²) in [4.78, 5) is 12.1. The number of benzene rings is 2. The van der Waals surface area contributed by atoms with E-state index in [4.69, 9.17) is 4.74 Å². The SMILES string of the molecule is Cc1ccc(NC(=O)COc2ccc(N(C)S(=O)(=O)c3cccs3)cc2)c(C)c1. The van der Waals surface area contributed by atoms with Gasteiger partial charge in [0.05, 0.1) is 5.69 Å². The lowest BCUT2D eigenvalue weighted by Gasteiger charge is -2.18. The van der Waals surface area contributed by atoms with Crippen molar-refractivity contribution in [2.45, 2.75) is 18.1 Å². The molecule has 0 aliphatic rings. The van der Waals surface area contributed by atoms with Gasteiger partial charge in [0.1, 0.15) is 9.96 Å². The zero-order valence-electron chi connectivity index (χ0n) is 16.4. The number of amides is 1. The van der Waals surface area contributed by atoms with Crippen LogP contribution < -0.4 is 14.4 Å². The summed E-state index contributed by atoms with van der Waals surface area (Å²) in [6, 6.07) is 15.6. The molecule has 2 aromatic carbocycles. The minimum Gasteiger partial charge on any atom is -0.484 e. The highest BCUT2D eigenvalue weighted by molar-refractivity contribution is 7.94. The summed E-state index contributed by atoms with van der Waals surface area (Å²) >= 11 is 1.17. The number of hydrogen-bond acceptors (Lipinski definition) is 5. The zero-order valence-corrected chi connectivity index (χ0v) is 18.0. The summed E-state index contributed by atoms with van der Waals surface area (Å²) in [6.45, 7) is 3.79. The molecule has 0 atom stereocenters. The minimum absolute atomic E-state index is 0.143. The fourth-order valence-corrected chi connectivity index (χ4v) is 5.08. The Bertz CT molecular complexity index is 1090. The molecule has 0 spiro atoms. The van der Waals surface area contributed by atoms with Crippen molar-refractivity contribution in [2.75, 3.05) is 23.3 Å². The van der Waals surface area contributed by atoms with Crippen LogP contribution in [-0.2, 0) is 14.8 Å². The van der Waals surface area contributed by atoms with Gasteiger partial charge < -0.3 is 10.1 Å². The van der Waals surface area contributed by atoms with Crippen LogP contribution in [0.2, 0.25) is 0 Å². The Balaban J connectivity index is 1.60. The average Bonchev–Trinajstić information content (AvgIpc) is 3.24. The molecule has 1 amide bonds. The number of carbonyl (C=O) groups is 1. The maximum atomic E-state index is 12.6. The lowest BCUT2D eigenvalue weighted by atomic mass is 10.1. The maximum absolute atomic E-state index is 12.6. The minimum atomic E-state index is -3.58. The number of anilines is 2. The van der Waals surface area contributed by atoms with Gasteiger partial charge in [-0.3, -0.25) is 9.10 Å². The first-order chi connectivity index (χ1) is 13.8. The summed E-state index contributed by atoms with van der Waals surface area (Å²) in [7, 11) is -2.08. The monoisotopic (exact) mass is 430 g/mol. The second kappa shape index (κ2) is 8.67. The lowest BCUT2D eigenvalue weighted by Crippen LogP contribution is -2.25. The molecule has 1 heterocycles. The molecule has 0 unspecified atom stereocenters. The molecule has 3 rings (SSSR count). The first kappa shape index (κ1) is 20.9. The van der Waals surface area contributed by atoms with Gasteiger partial charge in [0.25, 0.3) is 15.9 Å². The van der Waals surface area contributed by atoms with Crippen molar-refractivity contribution < 1.29 is 17.9 Å². The number of rotatable bonds is 7. The quantitative estimate of drug-likeness (QED) is 0.609. The zero-order chi connectivity index (χ0) is 21.0. The van der Waals surface area contributed by atoms with Gasteiger partial charge in [0, 0.05) is 12.7 Å². The van der Waals surface area contributed by atoms with Gasteiger partial charge in [0.15, 0.2) is 6.61 Å². The number of nitrogens with zero attached hydrogens (tertiary/aromatic N) is 1. The van der Waals surface area contributed by atoms with Crippen LogP contribution in [0.3, 0.4) is 0 Å². The van der Waals surface area contributed by atoms with Crippen molar-refractivity contribution in [3.63, 3.8) is 0 Å². The van der Waals surface area contributed by atoms with Crippen LogP contribution in [0.4, 0.5) is 11.4 Å². The van der Waals surface area contributed by atoms with Gasteiger partial charge in [-0.05, 0) is 61.2 Å². The lowest BCUT2D eigenvalue weighted by molar-refractivity contribution is -0.118. The van der Waals surface area contributed by atoms with E-state index in [1.165, 1.54) is 22.7 Å². The highest BCUT2D eigenvalue weighted by atomic mass is 32.2. The van der Waals surface area contributed by atoms with E-state index in [0.29, 0.717) is 11.4 Å². The third kappa shape index (κ3) is 4.96. The van der Waals surface area contributed by atoms with E-state index in [1.807, 2.05) is 32.0 Å². The number of hydrogen-bond donors (Lipinski definition) is 1. The number of aryl methyl sites for hydroxylation is 2. The number of nitrogens with one attached hydrogen (secondary N) is 1. The van der Waals surface area contributed by atoms with Crippen molar-refractivity contribution in [1.82, 2.24) is 0 Å². The summed E-state index contributed by atoms with van der Waals surface area (Å²) in [5.41, 5.74) is 3.37. The van der Waals surface area contributed by atoms with Crippen LogP contribution in [0.5, 0.6) is 5.75 Å². The third-order valence-electron chi connectivity index (χ3n) is 4.34. The molecule has 0 radical (unpaired) electrons. The fraction of sp³-hybridized carbons (Fsp3) is 0.190. The Kier molecular flexibility index (Phi) is 6.24. The Labute approximate surface area is 174 Å². The van der Waals surface area contributed by atoms with E-state index in [-0.39, 0.29) is 16.7 Å². The van der Waals surface area contributed by atoms with Gasteiger partial charge in [-0.15, -0.1) is 11.3 Å². The van der Waals surface area contributed by atoms with Gasteiger partial charge in [-0.1, -0.05) is 23.8 Å². The predicted octanol–water partition coefficient (Wildman–Crippen LogP) is 4.21. The number of carbonyl (C=O) groups excluding carboxylic acids is 1. The molecule has 1 aromatic heterocycles. The molecule has 0 bridgehead atoms. The van der Waals surface area contributed by atoms with Crippen LogP contribution in [0, 0.1) is 13.8 Å². The molecular formula is C21H22N2O4S2. The van der Waals surface area contributed by atoms with E-state index in [2.05, 4.69) is 5.32 Å². The largest absolute Gasteiger partial charge is 0.484 e. The Hall–Kier alpha value is -2.84. The van der Waals surface area contributed by atoms with Crippen molar-refractivity contribution in [1.29, 1.82) is 0 Å². The molecule has 3 aromatic rings. The van der Waals surface area contributed by atoms with Gasteiger partial charge in [-0.25, -0.2) is 8.42 Å². The van der Waals surface area contributed by atoms with Crippen molar-refractivity contribution in [3.8, 4) is 5.75 Å². The van der Waals surface area contributed by atoms with Gasteiger partial charge >= 0.3 is 0 Å². The van der Waals surface area contributed by atoms with Crippen LogP contribution in [0.15, 0.2) is 64.2 Å². The molecule has 1 N–H and O–H groups in total. The maximum Gasteiger partial charge on any atom is 0.273 e. The Morgan fingerprint density at radius 2 is 1.83 bits per heavy atom. The first-order valence-corrected chi connectivity index (χ1v) is 11.2. The summed E-state index contributed by atoms with van der Waals surface area (Å²) in [5, 5.41) is 4.55. The van der Waals surface area contributed by atoms with Gasteiger partial charge in [-0.2, -0.15) is 0 Å². The van der Waals surface area contributed by atoms with Crippen LogP contribution in [-0.4, -0.2) is 28.0 Å². The summed E-state index contributed by atoms with van der Waals surface area (Å²) in [6.07, 6.45) is 0. The summed E-state index contributed by atoms with van der Waals surface area (Å²) < 4.78 is 32.2. The van der Waals surface area contributed by atoms with E-state index in [0.717, 1.165) is 16.8 Å². The molecule has 152 valence electrons. The molecule has 29 heavy (non-hydrogen) atoms. The highest BCUT2D eigenvalue weighted by Crippen LogP contribution is 2.26. The predicted molar refractivity (Wildman–Crippen MR) is 116 cm³/mol. The Morgan fingerprint density at radius 1 is 1.10 bits per heavy atom. The second-order valence-electron chi connectivity index (χ2n) is 6.55. The number of ether oxygens (including phenoxy) is 1. The molecule has 6 nitrogen and oxygen atoms in total. The Morgan fingerprint density at radius 3 is 2.45 bits per heavy atom. The molecule has 0 aliphatic heterocycles. The van der Waals surface area contributed by atoms with E-state index < -0.39 is 10.0 Å². The molecule has 8 heteroatoms. The molecule has 0 aliphatic carbocycles. The van der Waals surface area contributed by atoms with Crippen LogP contribution in [0.25, 0.3) is 0 Å². The molecule has 0 saturated heterocycles. The second-order valence-corrected chi connectivity index (χ2v) is 9.70. The molecular weight excluding hydrogens is 408 g/mol. The standard InChI is InChI=1S/C21H22N2O4S2/c1-15-6-11-19(16(2)13-15)22-20(24)14-27-18-9-7-17(8-10-18)23(3)29(25,26)21-5-4-12-28-21/h4-13H,14H2,1-3H3,(H,22,24). The topological polar surface area (TPSA) is 75.7 Å². The van der Waals surface area contributed by atoms with E-state index in [1.54, 1.807) is 41.8 Å². The normalized spacial score (nSPS) is 11.1. The van der Waals surface area contributed by atoms with Crippen molar-refractivity contribution in [3.05, 3.63) is 71.1 Å². The smallest absolute Gasteiger partial charge is 0.273 e. The van der Waals surface area contributed by atoms with Crippen LogP contribution >= 0.6 is 11.3 Å². The van der Waals surface area contributed by atoms with E-state index in [9.17, 15) is 13.2 Å². The van der Waals surface area contributed by atoms with Gasteiger partial charge in [0.2, 0.25) is 0 Å². The van der Waals surface area contributed by atoms with Crippen LogP contribution in [0.1, 0.15) is 11.1 Å².